The second-order valence-corrected chi connectivity index (χ2v) is 5.09. The fraction of sp³-hybridized carbons (Fsp3) is 0.500. The molecule has 22 heavy (non-hydrogen) atoms. The SMILES string of the molecule is CC(=O)NCCNC(=O)CN(C)CCCOc1ccccc1. The van der Waals surface area contributed by atoms with Crippen LogP contribution in [0.2, 0.25) is 0 Å². The van der Waals surface area contributed by atoms with Crippen LogP contribution in [0.25, 0.3) is 0 Å². The van der Waals surface area contributed by atoms with Crippen LogP contribution in [0.5, 0.6) is 5.75 Å². The summed E-state index contributed by atoms with van der Waals surface area (Å²) in [6, 6.07) is 9.67. The Morgan fingerprint density at radius 2 is 1.82 bits per heavy atom. The molecule has 0 aliphatic heterocycles. The van der Waals surface area contributed by atoms with Crippen molar-refractivity contribution >= 4 is 11.8 Å². The van der Waals surface area contributed by atoms with Crippen LogP contribution in [0.15, 0.2) is 30.3 Å². The number of ether oxygens (including phenoxy) is 1. The molecule has 0 radical (unpaired) electrons. The van der Waals surface area contributed by atoms with Gasteiger partial charge in [-0.2, -0.15) is 0 Å². The van der Waals surface area contributed by atoms with E-state index in [1.165, 1.54) is 6.92 Å². The molecule has 6 heteroatoms. The van der Waals surface area contributed by atoms with E-state index in [4.69, 9.17) is 4.74 Å². The van der Waals surface area contributed by atoms with Crippen molar-refractivity contribution in [1.29, 1.82) is 0 Å². The summed E-state index contributed by atoms with van der Waals surface area (Å²) in [5, 5.41) is 5.39. The molecule has 6 nitrogen and oxygen atoms in total. The van der Waals surface area contributed by atoms with Gasteiger partial charge >= 0.3 is 0 Å². The van der Waals surface area contributed by atoms with E-state index in [2.05, 4.69) is 10.6 Å². The van der Waals surface area contributed by atoms with Crippen LogP contribution in [0, 0.1) is 0 Å². The van der Waals surface area contributed by atoms with Crippen LogP contribution in [0.4, 0.5) is 0 Å². The van der Waals surface area contributed by atoms with Gasteiger partial charge in [0.2, 0.25) is 11.8 Å². The van der Waals surface area contributed by atoms with Crippen molar-refractivity contribution < 1.29 is 14.3 Å². The molecule has 2 N–H and O–H groups in total. The van der Waals surface area contributed by atoms with E-state index in [1.807, 2.05) is 42.3 Å². The van der Waals surface area contributed by atoms with Gasteiger partial charge in [0.25, 0.3) is 0 Å². The fourth-order valence-corrected chi connectivity index (χ4v) is 1.86. The third-order valence-electron chi connectivity index (χ3n) is 2.93. The number of hydrogen-bond acceptors (Lipinski definition) is 4. The van der Waals surface area contributed by atoms with Gasteiger partial charge in [-0.15, -0.1) is 0 Å². The van der Waals surface area contributed by atoms with E-state index >= 15 is 0 Å². The second kappa shape index (κ2) is 10.6. The second-order valence-electron chi connectivity index (χ2n) is 5.09. The number of rotatable bonds is 10. The standard InChI is InChI=1S/C16H25N3O3/c1-14(20)17-9-10-18-16(21)13-19(2)11-6-12-22-15-7-4-3-5-8-15/h3-5,7-8H,6,9-13H2,1-2H3,(H,17,20)(H,18,21). The Morgan fingerprint density at radius 1 is 1.14 bits per heavy atom. The van der Waals surface area contributed by atoms with Gasteiger partial charge in [-0.1, -0.05) is 18.2 Å². The first-order valence-corrected chi connectivity index (χ1v) is 7.45. The summed E-state index contributed by atoms with van der Waals surface area (Å²) in [7, 11) is 1.90. The number of hydrogen-bond donors (Lipinski definition) is 2. The molecule has 0 bridgehead atoms. The molecule has 2 amide bonds. The van der Waals surface area contributed by atoms with Crippen LogP contribution < -0.4 is 15.4 Å². The summed E-state index contributed by atoms with van der Waals surface area (Å²) >= 11 is 0. The molecule has 0 aromatic heterocycles. The molecule has 1 aromatic rings. The number of nitrogens with zero attached hydrogens (tertiary/aromatic N) is 1. The van der Waals surface area contributed by atoms with Crippen molar-refractivity contribution in [2.45, 2.75) is 13.3 Å². The summed E-state index contributed by atoms with van der Waals surface area (Å²) in [5.74, 6) is 0.725. The minimum absolute atomic E-state index is 0.0446. The fourth-order valence-electron chi connectivity index (χ4n) is 1.86. The minimum atomic E-state index is -0.0928. The molecule has 1 aromatic carbocycles. The Labute approximate surface area is 131 Å². The quantitative estimate of drug-likeness (QED) is 0.622. The Hall–Kier alpha value is -2.08. The number of amides is 2. The predicted octanol–water partition coefficient (Wildman–Crippen LogP) is 0.640. The Kier molecular flexibility index (Phi) is 8.67. The minimum Gasteiger partial charge on any atom is -0.494 e. The van der Waals surface area contributed by atoms with Crippen molar-refractivity contribution in [1.82, 2.24) is 15.5 Å². The summed E-state index contributed by atoms with van der Waals surface area (Å²) in [4.78, 5) is 24.3. The lowest BCUT2D eigenvalue weighted by atomic mass is 10.3. The first-order valence-electron chi connectivity index (χ1n) is 7.45. The third kappa shape index (κ3) is 8.97. The average molecular weight is 307 g/mol. The van der Waals surface area contributed by atoms with Gasteiger partial charge in [0.15, 0.2) is 0 Å². The maximum atomic E-state index is 11.7. The van der Waals surface area contributed by atoms with Crippen LogP contribution in [-0.4, -0.2) is 56.5 Å². The summed E-state index contributed by atoms with van der Waals surface area (Å²) in [6.07, 6.45) is 0.852. The maximum absolute atomic E-state index is 11.7. The molecular formula is C16H25N3O3. The third-order valence-corrected chi connectivity index (χ3v) is 2.93. The van der Waals surface area contributed by atoms with E-state index in [-0.39, 0.29) is 11.8 Å². The monoisotopic (exact) mass is 307 g/mol. The number of carbonyl (C=O) groups excluding carboxylic acids is 2. The molecular weight excluding hydrogens is 282 g/mol. The lowest BCUT2D eigenvalue weighted by molar-refractivity contribution is -0.122. The predicted molar refractivity (Wildman–Crippen MR) is 85.7 cm³/mol. The largest absolute Gasteiger partial charge is 0.494 e. The molecule has 1 rings (SSSR count). The van der Waals surface area contributed by atoms with Gasteiger partial charge in [-0.05, 0) is 25.6 Å². The van der Waals surface area contributed by atoms with Gasteiger partial charge < -0.3 is 15.4 Å². The Balaban J connectivity index is 2.03. The number of carbonyl (C=O) groups is 2. The van der Waals surface area contributed by atoms with Gasteiger partial charge in [-0.3, -0.25) is 14.5 Å². The molecule has 0 saturated carbocycles. The van der Waals surface area contributed by atoms with E-state index < -0.39 is 0 Å². The smallest absolute Gasteiger partial charge is 0.234 e. The Bertz CT molecular complexity index is 451. The van der Waals surface area contributed by atoms with E-state index in [1.54, 1.807) is 0 Å². The molecule has 0 aliphatic rings. The molecule has 0 fully saturated rings. The molecule has 0 saturated heterocycles. The summed E-state index contributed by atoms with van der Waals surface area (Å²) < 4.78 is 5.60. The van der Waals surface area contributed by atoms with Crippen molar-refractivity contribution in [3.05, 3.63) is 30.3 Å². The number of benzene rings is 1. The van der Waals surface area contributed by atoms with Crippen LogP contribution in [0.1, 0.15) is 13.3 Å². The molecule has 0 unspecified atom stereocenters. The maximum Gasteiger partial charge on any atom is 0.234 e. The first kappa shape index (κ1) is 18.0. The van der Waals surface area contributed by atoms with Gasteiger partial charge in [0.1, 0.15) is 5.75 Å². The van der Waals surface area contributed by atoms with E-state index in [0.29, 0.717) is 26.2 Å². The zero-order chi connectivity index (χ0) is 16.2. The van der Waals surface area contributed by atoms with Crippen molar-refractivity contribution in [3.63, 3.8) is 0 Å². The lowest BCUT2D eigenvalue weighted by Gasteiger charge is -2.16. The van der Waals surface area contributed by atoms with Crippen LogP contribution in [0.3, 0.4) is 0 Å². The topological polar surface area (TPSA) is 70.7 Å². The summed E-state index contributed by atoms with van der Waals surface area (Å²) in [5.41, 5.74) is 0. The number of para-hydroxylation sites is 1. The average Bonchev–Trinajstić information content (AvgIpc) is 2.49. The van der Waals surface area contributed by atoms with Gasteiger partial charge in [-0.25, -0.2) is 0 Å². The first-order chi connectivity index (χ1) is 10.6. The highest BCUT2D eigenvalue weighted by Crippen LogP contribution is 2.08. The van der Waals surface area contributed by atoms with Gasteiger partial charge in [0.05, 0.1) is 13.2 Å². The highest BCUT2D eigenvalue weighted by atomic mass is 16.5. The highest BCUT2D eigenvalue weighted by molar-refractivity contribution is 5.78. The van der Waals surface area contributed by atoms with E-state index in [0.717, 1.165) is 18.7 Å². The normalized spacial score (nSPS) is 10.3. The highest BCUT2D eigenvalue weighted by Gasteiger charge is 2.05. The van der Waals surface area contributed by atoms with Crippen LogP contribution >= 0.6 is 0 Å². The van der Waals surface area contributed by atoms with Crippen molar-refractivity contribution in [2.75, 3.05) is 39.8 Å². The molecule has 0 spiro atoms. The molecule has 0 aliphatic carbocycles. The van der Waals surface area contributed by atoms with Crippen LogP contribution in [-0.2, 0) is 9.59 Å². The van der Waals surface area contributed by atoms with Crippen molar-refractivity contribution in [3.8, 4) is 5.75 Å². The zero-order valence-corrected chi connectivity index (χ0v) is 13.3. The number of likely N-dealkylation sites (N-methyl/N-ethyl adjacent to an activating group) is 1. The lowest BCUT2D eigenvalue weighted by Crippen LogP contribution is -2.39. The Morgan fingerprint density at radius 3 is 2.50 bits per heavy atom. The molecule has 0 heterocycles. The van der Waals surface area contributed by atoms with E-state index in [9.17, 15) is 9.59 Å². The van der Waals surface area contributed by atoms with Crippen molar-refractivity contribution in [2.24, 2.45) is 0 Å². The van der Waals surface area contributed by atoms with Gasteiger partial charge in [0, 0.05) is 26.6 Å². The zero-order valence-electron chi connectivity index (χ0n) is 13.3. The molecule has 0 atom stereocenters. The summed E-state index contributed by atoms with van der Waals surface area (Å²) in [6.45, 7) is 4.10. The number of nitrogens with one attached hydrogen (secondary N) is 2. The molecule has 122 valence electrons.